The second kappa shape index (κ2) is 6.65. The molecule has 0 amide bonds. The van der Waals surface area contributed by atoms with Crippen molar-refractivity contribution in [3.63, 3.8) is 0 Å². The van der Waals surface area contributed by atoms with Gasteiger partial charge < -0.3 is 9.47 Å². The average molecular weight is 298 g/mol. The third-order valence-electron chi connectivity index (χ3n) is 3.57. The fourth-order valence-electron chi connectivity index (χ4n) is 2.59. The van der Waals surface area contributed by atoms with Crippen LogP contribution in [-0.2, 0) is 14.3 Å². The highest BCUT2D eigenvalue weighted by molar-refractivity contribution is 6.04. The lowest BCUT2D eigenvalue weighted by atomic mass is 9.94. The highest BCUT2D eigenvalue weighted by Crippen LogP contribution is 2.37. The third kappa shape index (κ3) is 3.20. The van der Waals surface area contributed by atoms with E-state index in [0.717, 1.165) is 6.07 Å². The molecule has 1 aromatic carbocycles. The topological polar surface area (TPSA) is 52.6 Å². The summed E-state index contributed by atoms with van der Waals surface area (Å²) in [5.41, 5.74) is 0.206. The summed E-state index contributed by atoms with van der Waals surface area (Å²) in [6.07, 6.45) is 0.743. The lowest BCUT2D eigenvalue weighted by Gasteiger charge is -2.12. The summed E-state index contributed by atoms with van der Waals surface area (Å²) in [6, 6.07) is 3.85. The minimum Gasteiger partial charge on any atom is -0.465 e. The minimum absolute atomic E-state index is 0.0612. The molecule has 2 unspecified atom stereocenters. The first-order valence-corrected chi connectivity index (χ1v) is 6.77. The first-order chi connectivity index (χ1) is 10.1. The molecule has 0 radical (unpaired) electrons. The fourth-order valence-corrected chi connectivity index (χ4v) is 2.59. The van der Waals surface area contributed by atoms with Gasteiger partial charge in [-0.15, -0.1) is 0 Å². The molecule has 6 heteroatoms. The van der Waals surface area contributed by atoms with Crippen molar-refractivity contribution >= 4 is 11.8 Å². The Morgan fingerprint density at radius 3 is 2.76 bits per heavy atom. The van der Waals surface area contributed by atoms with E-state index in [1.165, 1.54) is 12.1 Å². The normalized spacial score (nSPS) is 21.4. The zero-order valence-corrected chi connectivity index (χ0v) is 11.6. The molecule has 0 saturated heterocycles. The van der Waals surface area contributed by atoms with Crippen LogP contribution in [0.4, 0.5) is 8.78 Å². The van der Waals surface area contributed by atoms with Gasteiger partial charge in [0.15, 0.2) is 5.78 Å². The number of hydrogen-bond donors (Lipinski definition) is 0. The zero-order chi connectivity index (χ0) is 15.4. The number of Topliss-reactive ketones (excluding diaryl/α,β-unsaturated/α-hetero) is 1. The van der Waals surface area contributed by atoms with Crippen LogP contribution in [0.25, 0.3) is 0 Å². The standard InChI is InChI=1S/C15H16F2O4/c1-2-20-15(19)12-6-5-11(14(12)18)10-4-3-9(21-8-16)7-13(10)17/h3-4,7,11-12H,2,5-6,8H2,1H3. The molecule has 0 spiro atoms. The summed E-state index contributed by atoms with van der Waals surface area (Å²) in [7, 11) is 0. The van der Waals surface area contributed by atoms with Crippen LogP contribution in [0, 0.1) is 11.7 Å². The highest BCUT2D eigenvalue weighted by Gasteiger charge is 2.41. The summed E-state index contributed by atoms with van der Waals surface area (Å²) in [5.74, 6) is -2.95. The van der Waals surface area contributed by atoms with Gasteiger partial charge in [-0.25, -0.2) is 8.78 Å². The van der Waals surface area contributed by atoms with Gasteiger partial charge in [0.25, 0.3) is 0 Å². The van der Waals surface area contributed by atoms with E-state index in [9.17, 15) is 18.4 Å². The van der Waals surface area contributed by atoms with E-state index in [2.05, 4.69) is 4.74 Å². The lowest BCUT2D eigenvalue weighted by molar-refractivity contribution is -0.150. The van der Waals surface area contributed by atoms with Crippen molar-refractivity contribution in [1.82, 2.24) is 0 Å². The van der Waals surface area contributed by atoms with E-state index in [1.54, 1.807) is 6.92 Å². The molecule has 2 rings (SSSR count). The summed E-state index contributed by atoms with van der Waals surface area (Å²) < 4.78 is 35.4. The number of ether oxygens (including phenoxy) is 2. The largest absolute Gasteiger partial charge is 0.465 e. The number of rotatable bonds is 5. The van der Waals surface area contributed by atoms with Crippen molar-refractivity contribution in [2.45, 2.75) is 25.7 Å². The summed E-state index contributed by atoms with van der Waals surface area (Å²) in [4.78, 5) is 23.9. The molecule has 1 aliphatic rings. The second-order valence-electron chi connectivity index (χ2n) is 4.77. The van der Waals surface area contributed by atoms with Gasteiger partial charge in [-0.3, -0.25) is 9.59 Å². The molecule has 0 aromatic heterocycles. The summed E-state index contributed by atoms with van der Waals surface area (Å²) in [6.45, 7) is 0.820. The Bertz CT molecular complexity index is 544. The maximum atomic E-state index is 14.0. The van der Waals surface area contributed by atoms with Crippen LogP contribution >= 0.6 is 0 Å². The first-order valence-electron chi connectivity index (χ1n) is 6.77. The van der Waals surface area contributed by atoms with E-state index in [-0.39, 0.29) is 23.7 Å². The molecule has 1 aliphatic carbocycles. The van der Waals surface area contributed by atoms with Gasteiger partial charge in [0.2, 0.25) is 6.86 Å². The minimum atomic E-state index is -1.05. The maximum absolute atomic E-state index is 14.0. The van der Waals surface area contributed by atoms with Crippen molar-refractivity contribution < 1.29 is 27.8 Å². The van der Waals surface area contributed by atoms with Crippen LogP contribution in [0.5, 0.6) is 5.75 Å². The predicted molar refractivity (Wildman–Crippen MR) is 70.1 cm³/mol. The molecule has 0 heterocycles. The van der Waals surface area contributed by atoms with Gasteiger partial charge in [0.05, 0.1) is 6.61 Å². The van der Waals surface area contributed by atoms with E-state index in [1.807, 2.05) is 0 Å². The average Bonchev–Trinajstić information content (AvgIpc) is 2.81. The number of halogens is 2. The lowest BCUT2D eigenvalue weighted by Crippen LogP contribution is -2.24. The maximum Gasteiger partial charge on any atom is 0.316 e. The first kappa shape index (κ1) is 15.4. The van der Waals surface area contributed by atoms with Crippen LogP contribution in [0.3, 0.4) is 0 Å². The Morgan fingerprint density at radius 1 is 1.38 bits per heavy atom. The van der Waals surface area contributed by atoms with E-state index in [4.69, 9.17) is 4.74 Å². The monoisotopic (exact) mass is 298 g/mol. The van der Waals surface area contributed by atoms with Crippen LogP contribution in [0.2, 0.25) is 0 Å². The van der Waals surface area contributed by atoms with Gasteiger partial charge in [-0.1, -0.05) is 6.07 Å². The second-order valence-corrected chi connectivity index (χ2v) is 4.77. The Balaban J connectivity index is 2.16. The Morgan fingerprint density at radius 2 is 2.14 bits per heavy atom. The van der Waals surface area contributed by atoms with Crippen LogP contribution in [-0.4, -0.2) is 25.2 Å². The quantitative estimate of drug-likeness (QED) is 0.619. The molecule has 21 heavy (non-hydrogen) atoms. The number of ketones is 1. The van der Waals surface area contributed by atoms with Gasteiger partial charge in [-0.05, 0) is 31.4 Å². The number of carbonyl (C=O) groups excluding carboxylic acids is 2. The Labute approximate surface area is 121 Å². The van der Waals surface area contributed by atoms with E-state index < -0.39 is 30.5 Å². The van der Waals surface area contributed by atoms with Crippen LogP contribution in [0.1, 0.15) is 31.2 Å². The number of hydrogen-bond acceptors (Lipinski definition) is 4. The molecule has 0 N–H and O–H groups in total. The smallest absolute Gasteiger partial charge is 0.316 e. The summed E-state index contributed by atoms with van der Waals surface area (Å²) in [5, 5.41) is 0. The number of carbonyl (C=O) groups is 2. The van der Waals surface area contributed by atoms with Crippen LogP contribution in [0.15, 0.2) is 18.2 Å². The Hall–Kier alpha value is -1.98. The van der Waals surface area contributed by atoms with Crippen molar-refractivity contribution in [2.24, 2.45) is 5.92 Å². The molecule has 2 atom stereocenters. The van der Waals surface area contributed by atoms with Crippen molar-refractivity contribution in [3.05, 3.63) is 29.6 Å². The molecular weight excluding hydrogens is 282 g/mol. The van der Waals surface area contributed by atoms with Gasteiger partial charge >= 0.3 is 5.97 Å². The number of esters is 1. The third-order valence-corrected chi connectivity index (χ3v) is 3.57. The molecular formula is C15H16F2O4. The van der Waals surface area contributed by atoms with E-state index in [0.29, 0.717) is 12.8 Å². The van der Waals surface area contributed by atoms with Crippen molar-refractivity contribution in [3.8, 4) is 5.75 Å². The highest BCUT2D eigenvalue weighted by atomic mass is 19.1. The molecule has 4 nitrogen and oxygen atoms in total. The zero-order valence-electron chi connectivity index (χ0n) is 11.6. The van der Waals surface area contributed by atoms with E-state index >= 15 is 0 Å². The number of benzene rings is 1. The van der Waals surface area contributed by atoms with Gasteiger partial charge in [-0.2, -0.15) is 0 Å². The molecule has 1 aromatic rings. The van der Waals surface area contributed by atoms with Gasteiger partial charge in [0, 0.05) is 12.0 Å². The molecule has 1 saturated carbocycles. The van der Waals surface area contributed by atoms with Crippen molar-refractivity contribution in [1.29, 1.82) is 0 Å². The SMILES string of the molecule is CCOC(=O)C1CCC(c2ccc(OCF)cc2F)C1=O. The van der Waals surface area contributed by atoms with Gasteiger partial charge in [0.1, 0.15) is 17.5 Å². The fraction of sp³-hybridized carbons (Fsp3) is 0.467. The van der Waals surface area contributed by atoms with Crippen LogP contribution < -0.4 is 4.74 Å². The summed E-state index contributed by atoms with van der Waals surface area (Å²) >= 11 is 0. The Kier molecular flexibility index (Phi) is 4.88. The van der Waals surface area contributed by atoms with Crippen molar-refractivity contribution in [2.75, 3.05) is 13.5 Å². The molecule has 0 bridgehead atoms. The number of alkyl halides is 1. The molecule has 0 aliphatic heterocycles. The molecule has 114 valence electrons. The molecule has 1 fully saturated rings. The predicted octanol–water partition coefficient (Wildman–Crippen LogP) is 2.76.